The minimum absolute atomic E-state index is 0.163. The van der Waals surface area contributed by atoms with E-state index in [4.69, 9.17) is 0 Å². The minimum Gasteiger partial charge on any atom is -0.465 e. The number of carbonyl (C=O) groups is 1. The smallest absolute Gasteiger partial charge is 0.337 e. The van der Waals surface area contributed by atoms with Crippen molar-refractivity contribution < 1.29 is 22.5 Å². The molecule has 0 spiro atoms. The second-order valence-corrected chi connectivity index (χ2v) is 6.86. The highest BCUT2D eigenvalue weighted by Crippen LogP contribution is 2.18. The maximum absolute atomic E-state index is 11.4. The lowest BCUT2D eigenvalue weighted by Gasteiger charge is -2.16. The van der Waals surface area contributed by atoms with Gasteiger partial charge >= 0.3 is 5.97 Å². The molecule has 112 valence electrons. The summed E-state index contributed by atoms with van der Waals surface area (Å²) in [5, 5.41) is -0.827. The van der Waals surface area contributed by atoms with Gasteiger partial charge in [-0.25, -0.2) is 4.79 Å². The summed E-state index contributed by atoms with van der Waals surface area (Å²) in [4.78, 5) is 11.3. The van der Waals surface area contributed by atoms with Gasteiger partial charge in [-0.05, 0) is 36.5 Å². The highest BCUT2D eigenvalue weighted by Gasteiger charge is 2.24. The largest absolute Gasteiger partial charge is 0.465 e. The summed E-state index contributed by atoms with van der Waals surface area (Å²) >= 11 is 0. The lowest BCUT2D eigenvalue weighted by molar-refractivity contribution is 0.0600. The monoisotopic (exact) mass is 300 g/mol. The third kappa shape index (κ3) is 4.94. The first-order valence-corrected chi connectivity index (χ1v) is 7.88. The quantitative estimate of drug-likeness (QED) is 0.644. The Morgan fingerprint density at radius 3 is 2.20 bits per heavy atom. The Hall–Kier alpha value is -1.40. The van der Waals surface area contributed by atoms with Gasteiger partial charge in [0.1, 0.15) is 0 Å². The zero-order valence-corrected chi connectivity index (χ0v) is 12.7. The van der Waals surface area contributed by atoms with Crippen LogP contribution in [0.1, 0.15) is 36.2 Å². The molecule has 0 saturated heterocycles. The topological polar surface area (TPSA) is 80.7 Å². The van der Waals surface area contributed by atoms with Crippen LogP contribution in [-0.2, 0) is 21.3 Å². The second-order valence-electron chi connectivity index (χ2n) is 5.16. The predicted molar refractivity (Wildman–Crippen MR) is 76.3 cm³/mol. The molecule has 20 heavy (non-hydrogen) atoms. The van der Waals surface area contributed by atoms with Gasteiger partial charge in [0.25, 0.3) is 10.1 Å². The van der Waals surface area contributed by atoms with E-state index in [-0.39, 0.29) is 12.3 Å². The van der Waals surface area contributed by atoms with E-state index in [1.54, 1.807) is 24.3 Å². The molecule has 0 radical (unpaired) electrons. The fourth-order valence-corrected chi connectivity index (χ4v) is 3.02. The van der Waals surface area contributed by atoms with Gasteiger partial charge in [-0.3, -0.25) is 4.55 Å². The summed E-state index contributed by atoms with van der Waals surface area (Å²) in [6, 6.07) is 6.50. The molecule has 0 aliphatic carbocycles. The number of hydrogen-bond acceptors (Lipinski definition) is 4. The summed E-state index contributed by atoms with van der Waals surface area (Å²) < 4.78 is 36.6. The number of carbonyl (C=O) groups excluding carboxylic acids is 1. The van der Waals surface area contributed by atoms with Crippen molar-refractivity contribution in [2.75, 3.05) is 7.11 Å². The molecule has 5 nitrogen and oxygen atoms in total. The number of methoxy groups -OCH3 is 1. The van der Waals surface area contributed by atoms with Crippen LogP contribution in [0.5, 0.6) is 0 Å². The van der Waals surface area contributed by atoms with Crippen molar-refractivity contribution >= 4 is 16.1 Å². The lowest BCUT2D eigenvalue weighted by atomic mass is 10.0. The van der Waals surface area contributed by atoms with Crippen molar-refractivity contribution in [2.24, 2.45) is 5.92 Å². The van der Waals surface area contributed by atoms with Crippen molar-refractivity contribution in [1.29, 1.82) is 0 Å². The average molecular weight is 300 g/mol. The zero-order valence-electron chi connectivity index (χ0n) is 11.9. The average Bonchev–Trinajstić information content (AvgIpc) is 2.36. The molecule has 1 unspecified atom stereocenters. The van der Waals surface area contributed by atoms with E-state index in [0.717, 1.165) is 5.56 Å². The minimum atomic E-state index is -4.08. The van der Waals surface area contributed by atoms with Gasteiger partial charge in [0.15, 0.2) is 0 Å². The summed E-state index contributed by atoms with van der Waals surface area (Å²) in [5.74, 6) is -0.277. The van der Waals surface area contributed by atoms with Crippen molar-refractivity contribution in [2.45, 2.75) is 31.9 Å². The Balaban J connectivity index is 2.87. The molecule has 1 N–H and O–H groups in total. The highest BCUT2D eigenvalue weighted by molar-refractivity contribution is 7.86. The van der Waals surface area contributed by atoms with Crippen molar-refractivity contribution in [1.82, 2.24) is 0 Å². The number of esters is 1. The Bertz CT molecular complexity index is 545. The van der Waals surface area contributed by atoms with Crippen molar-refractivity contribution in [3.05, 3.63) is 35.4 Å². The molecule has 0 aliphatic heterocycles. The Morgan fingerprint density at radius 1 is 1.25 bits per heavy atom. The molecule has 0 fully saturated rings. The first kappa shape index (κ1) is 16.7. The molecule has 0 aliphatic rings. The maximum atomic E-state index is 11.4. The van der Waals surface area contributed by atoms with E-state index in [1.165, 1.54) is 7.11 Å². The number of hydrogen-bond donors (Lipinski definition) is 1. The van der Waals surface area contributed by atoms with Crippen LogP contribution >= 0.6 is 0 Å². The molecule has 1 rings (SSSR count). The van der Waals surface area contributed by atoms with Gasteiger partial charge in [0.2, 0.25) is 0 Å². The second kappa shape index (κ2) is 6.85. The lowest BCUT2D eigenvalue weighted by Crippen LogP contribution is -2.25. The predicted octanol–water partition coefficient (Wildman–Crippen LogP) is 2.32. The Labute approximate surface area is 119 Å². The molecule has 0 heterocycles. The third-order valence-electron chi connectivity index (χ3n) is 2.99. The van der Waals surface area contributed by atoms with Crippen LogP contribution in [0, 0.1) is 5.92 Å². The van der Waals surface area contributed by atoms with Crippen LogP contribution in [0.2, 0.25) is 0 Å². The van der Waals surface area contributed by atoms with Crippen LogP contribution in [0.25, 0.3) is 0 Å². The SMILES string of the molecule is COC(=O)c1ccc(CC(CC(C)C)S(=O)(=O)O)cc1. The van der Waals surface area contributed by atoms with E-state index in [1.807, 2.05) is 13.8 Å². The molecule has 1 atom stereocenters. The molecule has 6 heteroatoms. The van der Waals surface area contributed by atoms with E-state index in [2.05, 4.69) is 4.74 Å². The van der Waals surface area contributed by atoms with E-state index >= 15 is 0 Å². The highest BCUT2D eigenvalue weighted by atomic mass is 32.2. The maximum Gasteiger partial charge on any atom is 0.337 e. The van der Waals surface area contributed by atoms with Crippen LogP contribution in [0.15, 0.2) is 24.3 Å². The summed E-state index contributed by atoms with van der Waals surface area (Å²) in [6.45, 7) is 3.80. The van der Waals surface area contributed by atoms with Gasteiger partial charge in [0.05, 0.1) is 17.9 Å². The number of rotatable bonds is 6. The van der Waals surface area contributed by atoms with Gasteiger partial charge < -0.3 is 4.74 Å². The van der Waals surface area contributed by atoms with E-state index in [0.29, 0.717) is 12.0 Å². The van der Waals surface area contributed by atoms with E-state index < -0.39 is 21.3 Å². The molecule has 0 aromatic heterocycles. The number of ether oxygens (including phenoxy) is 1. The van der Waals surface area contributed by atoms with Crippen LogP contribution in [0.3, 0.4) is 0 Å². The molecular weight excluding hydrogens is 280 g/mol. The first-order chi connectivity index (χ1) is 9.24. The van der Waals surface area contributed by atoms with Gasteiger partial charge in [-0.1, -0.05) is 26.0 Å². The Kier molecular flexibility index (Phi) is 5.71. The normalized spacial score (nSPS) is 13.2. The first-order valence-electron chi connectivity index (χ1n) is 6.37. The molecule has 1 aromatic carbocycles. The Morgan fingerprint density at radius 2 is 1.80 bits per heavy atom. The van der Waals surface area contributed by atoms with Crippen molar-refractivity contribution in [3.63, 3.8) is 0 Å². The third-order valence-corrected chi connectivity index (χ3v) is 4.20. The van der Waals surface area contributed by atoms with Crippen LogP contribution in [-0.4, -0.2) is 31.3 Å². The fraction of sp³-hybridized carbons (Fsp3) is 0.500. The molecule has 0 amide bonds. The molecular formula is C14H20O5S. The standard InChI is InChI=1S/C14H20O5S/c1-10(2)8-13(20(16,17)18)9-11-4-6-12(7-5-11)14(15)19-3/h4-7,10,13H,8-9H2,1-3H3,(H,16,17,18). The molecule has 0 bridgehead atoms. The van der Waals surface area contributed by atoms with Gasteiger partial charge in [-0.15, -0.1) is 0 Å². The van der Waals surface area contributed by atoms with Crippen LogP contribution < -0.4 is 0 Å². The van der Waals surface area contributed by atoms with Gasteiger partial charge in [-0.2, -0.15) is 8.42 Å². The summed E-state index contributed by atoms with van der Waals surface area (Å²) in [7, 11) is -2.78. The van der Waals surface area contributed by atoms with Crippen molar-refractivity contribution in [3.8, 4) is 0 Å². The summed E-state index contributed by atoms with van der Waals surface area (Å²) in [6.07, 6.45) is 0.607. The number of benzene rings is 1. The van der Waals surface area contributed by atoms with Gasteiger partial charge in [0, 0.05) is 0 Å². The zero-order chi connectivity index (χ0) is 15.3. The fourth-order valence-electron chi connectivity index (χ4n) is 1.99. The summed E-state index contributed by atoms with van der Waals surface area (Å²) in [5.41, 5.74) is 1.16. The molecule has 1 aromatic rings. The van der Waals surface area contributed by atoms with E-state index in [9.17, 15) is 17.8 Å². The van der Waals surface area contributed by atoms with Crippen LogP contribution in [0.4, 0.5) is 0 Å². The molecule has 0 saturated carbocycles.